The number of para-hydroxylation sites is 1. The predicted octanol–water partition coefficient (Wildman–Crippen LogP) is 1.90. The van der Waals surface area contributed by atoms with E-state index in [1.807, 2.05) is 30.3 Å². The van der Waals surface area contributed by atoms with Gasteiger partial charge in [-0.25, -0.2) is 4.98 Å². The van der Waals surface area contributed by atoms with E-state index in [9.17, 15) is 4.79 Å². The van der Waals surface area contributed by atoms with Crippen molar-refractivity contribution in [2.45, 2.75) is 4.90 Å². The molecule has 2 aromatic rings. The topological polar surface area (TPSA) is 80.0 Å². The van der Waals surface area contributed by atoms with Crippen LogP contribution in [0.4, 0.5) is 11.5 Å². The normalized spacial score (nSPS) is 9.89. The monoisotopic (exact) mass is 274 g/mol. The van der Waals surface area contributed by atoms with E-state index in [0.29, 0.717) is 11.5 Å². The Morgan fingerprint density at radius 3 is 2.74 bits per heavy atom. The van der Waals surface area contributed by atoms with E-state index < -0.39 is 0 Å². The van der Waals surface area contributed by atoms with Gasteiger partial charge in [-0.05, 0) is 24.3 Å². The number of hydrogen-bond acceptors (Lipinski definition) is 5. The van der Waals surface area contributed by atoms with E-state index >= 15 is 0 Å². The number of nitrogens with zero attached hydrogens (tertiary/aromatic N) is 1. The summed E-state index contributed by atoms with van der Waals surface area (Å²) >= 11 is 1.39. The number of carbonyl (C=O) groups is 1. The maximum atomic E-state index is 11.6. The van der Waals surface area contributed by atoms with Gasteiger partial charge in [0.1, 0.15) is 5.82 Å². The number of carbonyl (C=O) groups excluding carboxylic acids is 1. The van der Waals surface area contributed by atoms with Crippen LogP contribution in [0.2, 0.25) is 0 Å². The number of nitrogens with two attached hydrogens (primary N) is 1. The molecule has 0 unspecified atom stereocenters. The van der Waals surface area contributed by atoms with Crippen LogP contribution in [0.1, 0.15) is 0 Å². The standard InChI is InChI=1S/C13H14N4OS/c14-10-5-1-2-6-11(10)19-9-13(18)17-16-12-7-3-4-8-15-12/h1-8H,9,14H2,(H,15,16)(H,17,18). The number of benzene rings is 1. The number of pyridine rings is 1. The fourth-order valence-corrected chi connectivity index (χ4v) is 2.13. The van der Waals surface area contributed by atoms with Crippen LogP contribution in [0.15, 0.2) is 53.6 Å². The molecule has 1 heterocycles. The average molecular weight is 274 g/mol. The summed E-state index contributed by atoms with van der Waals surface area (Å²) in [7, 11) is 0. The molecule has 0 aliphatic carbocycles. The zero-order chi connectivity index (χ0) is 13.5. The van der Waals surface area contributed by atoms with Crippen molar-refractivity contribution in [1.82, 2.24) is 10.4 Å². The third-order valence-corrected chi connectivity index (χ3v) is 3.36. The Hall–Kier alpha value is -2.21. The van der Waals surface area contributed by atoms with Gasteiger partial charge in [0, 0.05) is 16.8 Å². The lowest BCUT2D eigenvalue weighted by molar-refractivity contribution is -0.118. The van der Waals surface area contributed by atoms with Crippen LogP contribution >= 0.6 is 11.8 Å². The number of anilines is 2. The molecule has 4 N–H and O–H groups in total. The van der Waals surface area contributed by atoms with Crippen molar-refractivity contribution in [3.63, 3.8) is 0 Å². The van der Waals surface area contributed by atoms with Crippen LogP contribution in [-0.2, 0) is 4.79 Å². The van der Waals surface area contributed by atoms with Gasteiger partial charge >= 0.3 is 0 Å². The fraction of sp³-hybridized carbons (Fsp3) is 0.0769. The second kappa shape index (κ2) is 6.65. The Balaban J connectivity index is 1.78. The smallest absolute Gasteiger partial charge is 0.248 e. The van der Waals surface area contributed by atoms with Gasteiger partial charge in [-0.15, -0.1) is 11.8 Å². The Morgan fingerprint density at radius 2 is 2.00 bits per heavy atom. The van der Waals surface area contributed by atoms with E-state index in [1.54, 1.807) is 18.3 Å². The lowest BCUT2D eigenvalue weighted by Gasteiger charge is -2.08. The number of aromatic nitrogens is 1. The first-order valence-electron chi connectivity index (χ1n) is 5.69. The molecule has 0 radical (unpaired) electrons. The van der Waals surface area contributed by atoms with Crippen molar-refractivity contribution in [2.24, 2.45) is 0 Å². The zero-order valence-corrected chi connectivity index (χ0v) is 11.0. The largest absolute Gasteiger partial charge is 0.398 e. The van der Waals surface area contributed by atoms with Crippen molar-refractivity contribution in [2.75, 3.05) is 16.9 Å². The van der Waals surface area contributed by atoms with Crippen LogP contribution in [0.5, 0.6) is 0 Å². The molecular formula is C13H14N4OS. The van der Waals surface area contributed by atoms with Gasteiger partial charge in [0.05, 0.1) is 5.75 Å². The van der Waals surface area contributed by atoms with Crippen LogP contribution in [-0.4, -0.2) is 16.6 Å². The molecule has 0 saturated heterocycles. The van der Waals surface area contributed by atoms with Gasteiger partial charge in [0.25, 0.3) is 0 Å². The number of nitrogen functional groups attached to an aromatic ring is 1. The highest BCUT2D eigenvalue weighted by Crippen LogP contribution is 2.23. The van der Waals surface area contributed by atoms with Gasteiger partial charge in [-0.1, -0.05) is 18.2 Å². The van der Waals surface area contributed by atoms with Gasteiger partial charge in [0.15, 0.2) is 0 Å². The molecule has 2 rings (SSSR count). The second-order valence-corrected chi connectivity index (χ2v) is 4.73. The minimum Gasteiger partial charge on any atom is -0.398 e. The lowest BCUT2D eigenvalue weighted by atomic mass is 10.3. The first kappa shape index (κ1) is 13.2. The molecule has 5 nitrogen and oxygen atoms in total. The number of hydrogen-bond donors (Lipinski definition) is 3. The molecular weight excluding hydrogens is 260 g/mol. The molecule has 1 aromatic heterocycles. The van der Waals surface area contributed by atoms with Crippen molar-refractivity contribution in [3.8, 4) is 0 Å². The minimum atomic E-state index is -0.140. The molecule has 0 bridgehead atoms. The number of amides is 1. The maximum Gasteiger partial charge on any atom is 0.248 e. The Bertz CT molecular complexity index is 547. The molecule has 19 heavy (non-hydrogen) atoms. The number of hydrazine groups is 1. The SMILES string of the molecule is Nc1ccccc1SCC(=O)NNc1ccccn1. The summed E-state index contributed by atoms with van der Waals surface area (Å²) in [6, 6.07) is 12.9. The molecule has 1 amide bonds. The second-order valence-electron chi connectivity index (χ2n) is 3.71. The van der Waals surface area contributed by atoms with Crippen molar-refractivity contribution in [3.05, 3.63) is 48.7 Å². The van der Waals surface area contributed by atoms with E-state index in [-0.39, 0.29) is 11.7 Å². The van der Waals surface area contributed by atoms with Crippen molar-refractivity contribution in [1.29, 1.82) is 0 Å². The first-order chi connectivity index (χ1) is 9.25. The molecule has 0 aliphatic rings. The number of thioether (sulfide) groups is 1. The summed E-state index contributed by atoms with van der Waals surface area (Å²) in [6.07, 6.45) is 1.65. The Labute approximate surface area is 115 Å². The average Bonchev–Trinajstić information content (AvgIpc) is 2.45. The van der Waals surface area contributed by atoms with Gasteiger partial charge in [0.2, 0.25) is 5.91 Å². The van der Waals surface area contributed by atoms with Crippen LogP contribution < -0.4 is 16.6 Å². The van der Waals surface area contributed by atoms with Crippen LogP contribution in [0.25, 0.3) is 0 Å². The van der Waals surface area contributed by atoms with Gasteiger partial charge in [-0.2, -0.15) is 0 Å². The van der Waals surface area contributed by atoms with Gasteiger partial charge in [-0.3, -0.25) is 15.6 Å². The summed E-state index contributed by atoms with van der Waals surface area (Å²) in [5.41, 5.74) is 11.8. The quantitative estimate of drug-likeness (QED) is 0.441. The fourth-order valence-electron chi connectivity index (χ4n) is 1.36. The molecule has 0 spiro atoms. The molecule has 0 atom stereocenters. The van der Waals surface area contributed by atoms with Crippen LogP contribution in [0, 0.1) is 0 Å². The predicted molar refractivity (Wildman–Crippen MR) is 77.6 cm³/mol. The summed E-state index contributed by atoms with van der Waals surface area (Å²) in [6.45, 7) is 0. The molecule has 6 heteroatoms. The maximum absolute atomic E-state index is 11.6. The zero-order valence-electron chi connectivity index (χ0n) is 10.2. The molecule has 0 aliphatic heterocycles. The molecule has 1 aromatic carbocycles. The van der Waals surface area contributed by atoms with E-state index in [1.165, 1.54) is 11.8 Å². The third kappa shape index (κ3) is 4.18. The number of nitrogens with one attached hydrogen (secondary N) is 2. The van der Waals surface area contributed by atoms with Crippen molar-refractivity contribution < 1.29 is 4.79 Å². The molecule has 0 saturated carbocycles. The van der Waals surface area contributed by atoms with Crippen molar-refractivity contribution >= 4 is 29.2 Å². The summed E-state index contributed by atoms with van der Waals surface area (Å²) in [4.78, 5) is 16.6. The summed E-state index contributed by atoms with van der Waals surface area (Å²) in [5, 5.41) is 0. The minimum absolute atomic E-state index is 0.140. The lowest BCUT2D eigenvalue weighted by Crippen LogP contribution is -2.31. The number of rotatable bonds is 5. The van der Waals surface area contributed by atoms with E-state index in [2.05, 4.69) is 15.8 Å². The van der Waals surface area contributed by atoms with E-state index in [4.69, 9.17) is 5.73 Å². The highest BCUT2D eigenvalue weighted by Gasteiger charge is 2.04. The molecule has 0 fully saturated rings. The first-order valence-corrected chi connectivity index (χ1v) is 6.67. The highest BCUT2D eigenvalue weighted by atomic mass is 32.2. The van der Waals surface area contributed by atoms with Gasteiger partial charge < -0.3 is 5.73 Å². The Morgan fingerprint density at radius 1 is 1.21 bits per heavy atom. The van der Waals surface area contributed by atoms with E-state index in [0.717, 1.165) is 4.90 Å². The van der Waals surface area contributed by atoms with Crippen LogP contribution in [0.3, 0.4) is 0 Å². The third-order valence-electron chi connectivity index (χ3n) is 2.27. The Kier molecular flexibility index (Phi) is 4.63. The summed E-state index contributed by atoms with van der Waals surface area (Å²) < 4.78 is 0. The molecule has 98 valence electrons. The summed E-state index contributed by atoms with van der Waals surface area (Å²) in [5.74, 6) is 0.743. The highest BCUT2D eigenvalue weighted by molar-refractivity contribution is 8.00.